The maximum Gasteiger partial charge on any atom is 0.271 e. The van der Waals surface area contributed by atoms with Crippen molar-refractivity contribution in [2.24, 2.45) is 11.8 Å². The van der Waals surface area contributed by atoms with Crippen LogP contribution in [0.25, 0.3) is 11.0 Å². The van der Waals surface area contributed by atoms with E-state index in [-0.39, 0.29) is 5.69 Å². The zero-order valence-electron chi connectivity index (χ0n) is 10.1. The fourth-order valence-electron chi connectivity index (χ4n) is 2.97. The zero-order chi connectivity index (χ0) is 13.0. The normalized spacial score (nSPS) is 28.3. The van der Waals surface area contributed by atoms with E-state index in [2.05, 4.69) is 20.6 Å². The predicted octanol–water partition coefficient (Wildman–Crippen LogP) is 1.10. The molecule has 3 N–H and O–H groups in total. The molecular weight excluding hydrogens is 246 g/mol. The van der Waals surface area contributed by atoms with Gasteiger partial charge in [-0.05, 0) is 17.9 Å². The molecule has 2 aliphatic rings. The Morgan fingerprint density at radius 1 is 1.37 bits per heavy atom. The minimum atomic E-state index is -0.398. The predicted molar refractivity (Wildman–Crippen MR) is 70.0 cm³/mol. The summed E-state index contributed by atoms with van der Waals surface area (Å²) in [5, 5.41) is 17.4. The second kappa shape index (κ2) is 3.67. The van der Waals surface area contributed by atoms with Crippen LogP contribution in [0, 0.1) is 22.0 Å². The number of hydrogen-bond donors (Lipinski definition) is 3. The second-order valence-electron chi connectivity index (χ2n) is 5.20. The Bertz CT molecular complexity index is 657. The molecule has 2 unspecified atom stereocenters. The van der Waals surface area contributed by atoms with Crippen LogP contribution in [-0.4, -0.2) is 34.0 Å². The average Bonchev–Trinajstić information content (AvgIpc) is 2.82. The molecule has 1 aromatic carbocycles. The van der Waals surface area contributed by atoms with Crippen LogP contribution in [0.2, 0.25) is 0 Å². The Morgan fingerprint density at radius 3 is 2.89 bits per heavy atom. The highest BCUT2D eigenvalue weighted by Gasteiger charge is 2.53. The molecule has 19 heavy (non-hydrogen) atoms. The number of imidazole rings is 1. The lowest BCUT2D eigenvalue weighted by molar-refractivity contribution is -0.384. The number of hydrogen-bond acceptors (Lipinski definition) is 5. The van der Waals surface area contributed by atoms with Gasteiger partial charge in [0.05, 0.1) is 16.0 Å². The van der Waals surface area contributed by atoms with Crippen molar-refractivity contribution in [1.29, 1.82) is 0 Å². The number of benzene rings is 1. The smallest absolute Gasteiger partial charge is 0.271 e. The summed E-state index contributed by atoms with van der Waals surface area (Å²) in [5.74, 6) is 2.10. The summed E-state index contributed by atoms with van der Waals surface area (Å²) in [4.78, 5) is 17.8. The summed E-state index contributed by atoms with van der Waals surface area (Å²) >= 11 is 0. The van der Waals surface area contributed by atoms with Gasteiger partial charge in [-0.2, -0.15) is 0 Å². The fourth-order valence-corrected chi connectivity index (χ4v) is 2.97. The molecule has 7 nitrogen and oxygen atoms in total. The lowest BCUT2D eigenvalue weighted by atomic mass is 10.3. The highest BCUT2D eigenvalue weighted by molar-refractivity contribution is 5.80. The highest BCUT2D eigenvalue weighted by Crippen LogP contribution is 2.43. The number of anilines is 1. The van der Waals surface area contributed by atoms with Gasteiger partial charge in [-0.15, -0.1) is 0 Å². The van der Waals surface area contributed by atoms with Crippen LogP contribution in [-0.2, 0) is 0 Å². The number of aromatic amines is 1. The molecule has 2 fully saturated rings. The molecule has 2 aromatic rings. The van der Waals surface area contributed by atoms with Crippen LogP contribution >= 0.6 is 0 Å². The molecule has 1 aliphatic heterocycles. The largest absolute Gasteiger partial charge is 0.352 e. The first-order chi connectivity index (χ1) is 9.22. The van der Waals surface area contributed by atoms with E-state index >= 15 is 0 Å². The van der Waals surface area contributed by atoms with Gasteiger partial charge in [0.2, 0.25) is 5.95 Å². The van der Waals surface area contributed by atoms with Crippen LogP contribution in [0.15, 0.2) is 18.2 Å². The first-order valence-corrected chi connectivity index (χ1v) is 6.34. The summed E-state index contributed by atoms with van der Waals surface area (Å²) in [5.41, 5.74) is 1.52. The Kier molecular flexibility index (Phi) is 2.08. The van der Waals surface area contributed by atoms with Crippen LogP contribution < -0.4 is 10.6 Å². The molecule has 0 amide bonds. The van der Waals surface area contributed by atoms with E-state index in [1.807, 2.05) is 0 Å². The number of nitrogens with zero attached hydrogens (tertiary/aromatic N) is 2. The minimum absolute atomic E-state index is 0.0789. The van der Waals surface area contributed by atoms with Crippen LogP contribution in [0.4, 0.5) is 11.6 Å². The molecule has 0 spiro atoms. The molecule has 4 rings (SSSR count). The van der Waals surface area contributed by atoms with Gasteiger partial charge in [0.25, 0.3) is 5.69 Å². The number of non-ortho nitro benzene ring substituents is 1. The number of H-pyrrole nitrogens is 1. The minimum Gasteiger partial charge on any atom is -0.352 e. The van der Waals surface area contributed by atoms with Crippen molar-refractivity contribution in [3.8, 4) is 0 Å². The Morgan fingerprint density at radius 2 is 2.16 bits per heavy atom. The first kappa shape index (κ1) is 10.7. The van der Waals surface area contributed by atoms with E-state index in [1.165, 1.54) is 12.1 Å². The molecule has 2 heterocycles. The number of aromatic nitrogens is 2. The number of nitrogens with one attached hydrogen (secondary N) is 3. The molecule has 1 aliphatic carbocycles. The maximum atomic E-state index is 10.7. The molecule has 2 atom stereocenters. The molecule has 1 aromatic heterocycles. The highest BCUT2D eigenvalue weighted by atomic mass is 16.6. The molecule has 1 saturated heterocycles. The van der Waals surface area contributed by atoms with Crippen molar-refractivity contribution in [2.75, 3.05) is 18.4 Å². The Labute approximate surface area is 108 Å². The third-order valence-electron chi connectivity index (χ3n) is 4.07. The maximum absolute atomic E-state index is 10.7. The number of fused-ring (bicyclic) bond motifs is 2. The van der Waals surface area contributed by atoms with Crippen LogP contribution in [0.5, 0.6) is 0 Å². The average molecular weight is 259 g/mol. The second-order valence-corrected chi connectivity index (χ2v) is 5.20. The van der Waals surface area contributed by atoms with Gasteiger partial charge in [0.15, 0.2) is 0 Å². The SMILES string of the molecule is O=[N+]([O-])c1ccc2nc(NC3C4CNCC43)[nH]c2c1. The van der Waals surface area contributed by atoms with Crippen molar-refractivity contribution in [1.82, 2.24) is 15.3 Å². The number of piperidine rings is 1. The van der Waals surface area contributed by atoms with Crippen molar-refractivity contribution in [2.45, 2.75) is 6.04 Å². The van der Waals surface area contributed by atoms with Gasteiger partial charge in [0.1, 0.15) is 0 Å². The van der Waals surface area contributed by atoms with Crippen molar-refractivity contribution in [3.05, 3.63) is 28.3 Å². The zero-order valence-corrected chi connectivity index (χ0v) is 10.1. The fraction of sp³-hybridized carbons (Fsp3) is 0.417. The molecule has 0 radical (unpaired) electrons. The van der Waals surface area contributed by atoms with E-state index in [0.29, 0.717) is 29.3 Å². The quantitative estimate of drug-likeness (QED) is 0.566. The summed E-state index contributed by atoms with van der Waals surface area (Å²) in [6.07, 6.45) is 0. The first-order valence-electron chi connectivity index (χ1n) is 6.34. The summed E-state index contributed by atoms with van der Waals surface area (Å²) in [7, 11) is 0. The van der Waals surface area contributed by atoms with Crippen molar-refractivity contribution >= 4 is 22.7 Å². The Balaban J connectivity index is 1.59. The topological polar surface area (TPSA) is 95.9 Å². The Hall–Kier alpha value is -2.15. The number of rotatable bonds is 3. The van der Waals surface area contributed by atoms with Crippen LogP contribution in [0.1, 0.15) is 0 Å². The monoisotopic (exact) mass is 259 g/mol. The van der Waals surface area contributed by atoms with E-state index < -0.39 is 4.92 Å². The van der Waals surface area contributed by atoms with Crippen LogP contribution in [0.3, 0.4) is 0 Å². The number of nitro benzene ring substituents is 1. The van der Waals surface area contributed by atoms with E-state index in [0.717, 1.165) is 18.6 Å². The van der Waals surface area contributed by atoms with Gasteiger partial charge in [0, 0.05) is 31.3 Å². The molecular formula is C12H13N5O2. The van der Waals surface area contributed by atoms with Crippen molar-refractivity contribution in [3.63, 3.8) is 0 Å². The summed E-state index contributed by atoms with van der Waals surface area (Å²) < 4.78 is 0. The van der Waals surface area contributed by atoms with E-state index in [9.17, 15) is 10.1 Å². The van der Waals surface area contributed by atoms with Gasteiger partial charge >= 0.3 is 0 Å². The van der Waals surface area contributed by atoms with Gasteiger partial charge in [-0.25, -0.2) is 4.98 Å². The van der Waals surface area contributed by atoms with Crippen molar-refractivity contribution < 1.29 is 4.92 Å². The number of nitro groups is 1. The summed E-state index contributed by atoms with van der Waals surface area (Å²) in [6.45, 7) is 2.13. The third kappa shape index (κ3) is 1.66. The molecule has 1 saturated carbocycles. The summed E-state index contributed by atoms with van der Waals surface area (Å²) in [6, 6.07) is 5.15. The molecule has 0 bridgehead atoms. The lowest BCUT2D eigenvalue weighted by Crippen LogP contribution is -2.21. The van der Waals surface area contributed by atoms with Gasteiger partial charge in [-0.3, -0.25) is 10.1 Å². The molecule has 98 valence electrons. The van der Waals surface area contributed by atoms with E-state index in [1.54, 1.807) is 6.07 Å². The molecule has 7 heteroatoms. The third-order valence-corrected chi connectivity index (χ3v) is 4.07. The van der Waals surface area contributed by atoms with Gasteiger partial charge < -0.3 is 15.6 Å². The van der Waals surface area contributed by atoms with Gasteiger partial charge in [-0.1, -0.05) is 0 Å². The van der Waals surface area contributed by atoms with E-state index in [4.69, 9.17) is 0 Å². The standard InChI is InChI=1S/C12H13N5O2/c18-17(19)6-1-2-9-10(3-6)15-12(14-9)16-11-7-4-13-5-8(7)11/h1-3,7-8,11,13H,4-5H2,(H2,14,15,16). The lowest BCUT2D eigenvalue weighted by Gasteiger charge is -2.04.